The zero-order valence-electron chi connectivity index (χ0n) is 19.4. The molecule has 2 amide bonds. The van der Waals surface area contributed by atoms with Crippen LogP contribution in [0.15, 0.2) is 48.5 Å². The van der Waals surface area contributed by atoms with Crippen LogP contribution in [0.25, 0.3) is 11.1 Å². The Kier molecular flexibility index (Phi) is 6.24. The lowest BCUT2D eigenvalue weighted by Crippen LogP contribution is -2.53. The van der Waals surface area contributed by atoms with Crippen LogP contribution < -0.4 is 5.32 Å². The monoisotopic (exact) mass is 435 g/mol. The van der Waals surface area contributed by atoms with Crippen LogP contribution in [0.4, 0.5) is 4.79 Å². The van der Waals surface area contributed by atoms with E-state index in [1.165, 1.54) is 0 Å². The molecule has 0 aliphatic carbocycles. The van der Waals surface area contributed by atoms with Gasteiger partial charge in [-0.2, -0.15) is 0 Å². The molecule has 3 fully saturated rings. The van der Waals surface area contributed by atoms with Crippen molar-refractivity contribution < 1.29 is 14.3 Å². The summed E-state index contributed by atoms with van der Waals surface area (Å²) >= 11 is 0. The molecule has 5 rings (SSSR count). The van der Waals surface area contributed by atoms with Crippen molar-refractivity contribution in [2.75, 3.05) is 33.7 Å². The Bertz CT molecular complexity index is 959. The quantitative estimate of drug-likeness (QED) is 0.768. The molecule has 170 valence electrons. The fourth-order valence-corrected chi connectivity index (χ4v) is 4.68. The zero-order valence-corrected chi connectivity index (χ0v) is 19.4. The predicted octanol–water partition coefficient (Wildman–Crippen LogP) is 4.11. The number of carbonyl (C=O) groups is 2. The number of hydrogen-bond acceptors (Lipinski definition) is 4. The number of fused-ring (bicyclic) bond motifs is 3. The van der Waals surface area contributed by atoms with Crippen molar-refractivity contribution in [3.05, 3.63) is 59.7 Å². The van der Waals surface area contributed by atoms with E-state index in [0.29, 0.717) is 11.5 Å². The van der Waals surface area contributed by atoms with Crippen LogP contribution in [0.5, 0.6) is 0 Å². The van der Waals surface area contributed by atoms with Crippen molar-refractivity contribution in [3.63, 3.8) is 0 Å². The van der Waals surface area contributed by atoms with Crippen LogP contribution >= 0.6 is 0 Å². The van der Waals surface area contributed by atoms with Crippen molar-refractivity contribution in [2.45, 2.75) is 38.3 Å². The minimum Gasteiger partial charge on any atom is -0.445 e. The second-order valence-electron chi connectivity index (χ2n) is 9.69. The number of rotatable bonds is 5. The van der Waals surface area contributed by atoms with Crippen LogP contribution in [-0.2, 0) is 10.3 Å². The summed E-state index contributed by atoms with van der Waals surface area (Å²) in [7, 11) is 3.50. The van der Waals surface area contributed by atoms with Crippen LogP contribution in [0, 0.1) is 5.92 Å². The lowest BCUT2D eigenvalue weighted by molar-refractivity contribution is -0.0349. The summed E-state index contributed by atoms with van der Waals surface area (Å²) in [6, 6.07) is 15.8. The molecule has 3 aliphatic heterocycles. The van der Waals surface area contributed by atoms with Crippen molar-refractivity contribution in [3.8, 4) is 11.1 Å². The predicted molar refractivity (Wildman–Crippen MR) is 125 cm³/mol. The van der Waals surface area contributed by atoms with Crippen LogP contribution in [-0.4, -0.2) is 61.6 Å². The third kappa shape index (κ3) is 4.80. The van der Waals surface area contributed by atoms with Crippen molar-refractivity contribution in [1.82, 2.24) is 15.1 Å². The fourth-order valence-electron chi connectivity index (χ4n) is 4.68. The van der Waals surface area contributed by atoms with Gasteiger partial charge in [0.25, 0.3) is 5.91 Å². The molecule has 0 radical (unpaired) electrons. The molecule has 6 heteroatoms. The molecule has 0 aromatic heterocycles. The van der Waals surface area contributed by atoms with Crippen molar-refractivity contribution in [1.29, 1.82) is 0 Å². The van der Waals surface area contributed by atoms with Gasteiger partial charge in [0.1, 0.15) is 6.10 Å². The molecule has 3 heterocycles. The summed E-state index contributed by atoms with van der Waals surface area (Å²) in [6.45, 7) is 7.08. The molecule has 2 aromatic carbocycles. The molecular formula is C26H33N3O3. The number of hydrogen-bond donors (Lipinski definition) is 1. The standard InChI is InChI=1S/C26H33N3O3/c1-26(2,27-25(31)32-23-17-29-15-13-20(23)14-16-29)22-11-9-19(10-12-22)18-5-7-21(8-6-18)24(30)28(3)4/h5-12,20,23H,13-17H2,1-4H3,(H,27,31). The fraction of sp³-hybridized carbons (Fsp3) is 0.462. The molecule has 2 aromatic rings. The Hall–Kier alpha value is -2.86. The van der Waals surface area contributed by atoms with Crippen LogP contribution in [0.3, 0.4) is 0 Å². The summed E-state index contributed by atoms with van der Waals surface area (Å²) in [6.07, 6.45) is 1.89. The molecule has 1 atom stereocenters. The molecule has 0 saturated carbocycles. The first-order valence-corrected chi connectivity index (χ1v) is 11.4. The largest absolute Gasteiger partial charge is 0.445 e. The Morgan fingerprint density at radius 2 is 1.53 bits per heavy atom. The maximum Gasteiger partial charge on any atom is 0.408 e. The van der Waals surface area contributed by atoms with Gasteiger partial charge >= 0.3 is 6.09 Å². The van der Waals surface area contributed by atoms with E-state index in [1.54, 1.807) is 19.0 Å². The normalized spacial score (nSPS) is 22.3. The zero-order chi connectivity index (χ0) is 22.9. The highest BCUT2D eigenvalue weighted by molar-refractivity contribution is 5.94. The number of nitrogens with one attached hydrogen (secondary N) is 1. The summed E-state index contributed by atoms with van der Waals surface area (Å²) < 4.78 is 5.80. The van der Waals surface area contributed by atoms with Crippen LogP contribution in [0.2, 0.25) is 0 Å². The third-order valence-electron chi connectivity index (χ3n) is 6.75. The molecule has 2 bridgehead atoms. The number of carbonyl (C=O) groups excluding carboxylic acids is 2. The molecule has 32 heavy (non-hydrogen) atoms. The molecule has 6 nitrogen and oxygen atoms in total. The highest BCUT2D eigenvalue weighted by atomic mass is 16.6. The van der Waals surface area contributed by atoms with E-state index in [2.05, 4.69) is 10.2 Å². The van der Waals surface area contributed by atoms with Gasteiger partial charge < -0.3 is 15.0 Å². The minimum atomic E-state index is -0.550. The number of nitrogens with zero attached hydrogens (tertiary/aromatic N) is 2. The summed E-state index contributed by atoms with van der Waals surface area (Å²) in [5, 5.41) is 3.05. The minimum absolute atomic E-state index is 0.00183. The lowest BCUT2D eigenvalue weighted by Gasteiger charge is -2.44. The molecule has 1 unspecified atom stereocenters. The van der Waals surface area contributed by atoms with Gasteiger partial charge in [-0.15, -0.1) is 0 Å². The van der Waals surface area contributed by atoms with E-state index in [9.17, 15) is 9.59 Å². The molecule has 3 aliphatic rings. The van der Waals surface area contributed by atoms with Crippen LogP contribution in [0.1, 0.15) is 42.6 Å². The first-order chi connectivity index (χ1) is 15.2. The van der Waals surface area contributed by atoms with E-state index in [0.717, 1.165) is 49.2 Å². The van der Waals surface area contributed by atoms with E-state index in [4.69, 9.17) is 4.74 Å². The Labute approximate surface area is 190 Å². The van der Waals surface area contributed by atoms with Gasteiger partial charge in [-0.05, 0) is 74.5 Å². The summed E-state index contributed by atoms with van der Waals surface area (Å²) in [5.74, 6) is 0.484. The van der Waals surface area contributed by atoms with Gasteiger partial charge in [0.05, 0.1) is 5.54 Å². The number of amides is 2. The first kappa shape index (κ1) is 22.3. The third-order valence-corrected chi connectivity index (χ3v) is 6.75. The maximum atomic E-state index is 12.6. The maximum absolute atomic E-state index is 12.6. The van der Waals surface area contributed by atoms with Gasteiger partial charge in [-0.3, -0.25) is 9.69 Å². The topological polar surface area (TPSA) is 61.9 Å². The smallest absolute Gasteiger partial charge is 0.408 e. The number of ether oxygens (including phenoxy) is 1. The number of alkyl carbamates (subject to hydrolysis) is 1. The average Bonchev–Trinajstić information content (AvgIpc) is 2.79. The summed E-state index contributed by atoms with van der Waals surface area (Å²) in [4.78, 5) is 28.6. The molecular weight excluding hydrogens is 402 g/mol. The van der Waals surface area contributed by atoms with Gasteiger partial charge in [-0.1, -0.05) is 36.4 Å². The Morgan fingerprint density at radius 1 is 0.969 bits per heavy atom. The SMILES string of the molecule is CN(C)C(=O)c1ccc(-c2ccc(C(C)(C)NC(=O)OC3CN4CCC3CC4)cc2)cc1. The second kappa shape index (κ2) is 8.94. The van der Waals surface area contributed by atoms with E-state index in [-0.39, 0.29) is 18.1 Å². The lowest BCUT2D eigenvalue weighted by atomic mass is 9.86. The molecule has 3 saturated heterocycles. The van der Waals surface area contributed by atoms with Gasteiger partial charge in [-0.25, -0.2) is 4.79 Å². The molecule has 1 N–H and O–H groups in total. The van der Waals surface area contributed by atoms with E-state index < -0.39 is 5.54 Å². The Balaban J connectivity index is 1.39. The van der Waals surface area contributed by atoms with Crippen molar-refractivity contribution in [2.24, 2.45) is 5.92 Å². The van der Waals surface area contributed by atoms with E-state index in [1.807, 2.05) is 62.4 Å². The number of piperidine rings is 3. The van der Waals surface area contributed by atoms with E-state index >= 15 is 0 Å². The summed E-state index contributed by atoms with van der Waals surface area (Å²) in [5.41, 5.74) is 3.22. The van der Waals surface area contributed by atoms with Gasteiger partial charge in [0.2, 0.25) is 0 Å². The first-order valence-electron chi connectivity index (χ1n) is 11.4. The van der Waals surface area contributed by atoms with Crippen molar-refractivity contribution >= 4 is 12.0 Å². The Morgan fingerprint density at radius 3 is 2.03 bits per heavy atom. The molecule has 0 spiro atoms. The second-order valence-corrected chi connectivity index (χ2v) is 9.69. The number of benzene rings is 2. The highest BCUT2D eigenvalue weighted by Gasteiger charge is 2.37. The average molecular weight is 436 g/mol. The van der Waals surface area contributed by atoms with Gasteiger partial charge in [0.15, 0.2) is 0 Å². The van der Waals surface area contributed by atoms with Gasteiger partial charge in [0, 0.05) is 26.2 Å². The highest BCUT2D eigenvalue weighted by Crippen LogP contribution is 2.30.